The maximum atomic E-state index is 12.9. The quantitative estimate of drug-likeness (QED) is 0.791. The molecule has 2 aliphatic rings. The molecule has 1 unspecified atom stereocenters. The number of hydrogen-bond acceptors (Lipinski definition) is 6. The summed E-state index contributed by atoms with van der Waals surface area (Å²) in [4.78, 5) is 30.5. The van der Waals surface area contributed by atoms with Gasteiger partial charge < -0.3 is 10.1 Å². The zero-order valence-electron chi connectivity index (χ0n) is 13.7. The van der Waals surface area contributed by atoms with E-state index in [1.807, 2.05) is 5.38 Å². The van der Waals surface area contributed by atoms with Crippen LogP contribution >= 0.6 is 23.1 Å². The number of ether oxygens (including phenoxy) is 1. The Bertz CT molecular complexity index is 834. The smallest absolute Gasteiger partial charge is 0.325 e. The second-order valence-electron chi connectivity index (χ2n) is 6.18. The molecular weight excluding hydrogens is 377 g/mol. The number of nitrogens with one attached hydrogen (secondary N) is 1. The van der Waals surface area contributed by atoms with E-state index in [2.05, 4.69) is 10.3 Å². The van der Waals surface area contributed by atoms with Crippen LogP contribution in [0.15, 0.2) is 29.6 Å². The number of imide groups is 1. The number of urea groups is 1. The van der Waals surface area contributed by atoms with Crippen LogP contribution in [0.2, 0.25) is 0 Å². The number of rotatable bonds is 5. The first-order chi connectivity index (χ1) is 12.6. The Morgan fingerprint density at radius 2 is 2.12 bits per heavy atom. The monoisotopic (exact) mass is 393 g/mol. The number of amides is 3. The fourth-order valence-electron chi connectivity index (χ4n) is 2.98. The Balaban J connectivity index is 1.38. The zero-order valence-corrected chi connectivity index (χ0v) is 15.4. The Morgan fingerprint density at radius 1 is 1.31 bits per heavy atom. The van der Waals surface area contributed by atoms with Crippen molar-refractivity contribution in [1.82, 2.24) is 15.2 Å². The lowest BCUT2D eigenvalue weighted by atomic mass is 9.99. The van der Waals surface area contributed by atoms with Crippen LogP contribution in [-0.2, 0) is 17.9 Å². The van der Waals surface area contributed by atoms with Gasteiger partial charge >= 0.3 is 6.03 Å². The SMILES string of the molecule is O=C1NC2(CCSC2)C(=O)N1Cc1csc(COc2ccc(F)cc2)n1. The number of carbonyl (C=O) groups excluding carboxylic acids is 2. The lowest BCUT2D eigenvalue weighted by molar-refractivity contribution is -0.130. The Morgan fingerprint density at radius 3 is 2.85 bits per heavy atom. The van der Waals surface area contributed by atoms with Crippen molar-refractivity contribution >= 4 is 35.0 Å². The van der Waals surface area contributed by atoms with Gasteiger partial charge in [0.1, 0.15) is 28.7 Å². The van der Waals surface area contributed by atoms with Gasteiger partial charge in [0, 0.05) is 11.1 Å². The molecule has 1 spiro atoms. The van der Waals surface area contributed by atoms with E-state index in [1.54, 1.807) is 23.9 Å². The summed E-state index contributed by atoms with van der Waals surface area (Å²) in [6.45, 7) is 0.404. The topological polar surface area (TPSA) is 71.5 Å². The van der Waals surface area contributed by atoms with Gasteiger partial charge in [-0.05, 0) is 36.4 Å². The van der Waals surface area contributed by atoms with Crippen LogP contribution in [0.25, 0.3) is 0 Å². The van der Waals surface area contributed by atoms with Crippen molar-refractivity contribution in [2.24, 2.45) is 0 Å². The summed E-state index contributed by atoms with van der Waals surface area (Å²) in [6.07, 6.45) is 0.673. The highest BCUT2D eigenvalue weighted by Gasteiger charge is 2.52. The standard InChI is InChI=1S/C17H16FN3O3S2/c18-11-1-3-13(4-2-11)24-8-14-19-12(9-26-14)7-21-15(22)17(20-16(21)23)5-6-25-10-17/h1-4,9H,5-8,10H2,(H,20,23). The summed E-state index contributed by atoms with van der Waals surface area (Å²) in [5.74, 6) is 1.58. The van der Waals surface area contributed by atoms with E-state index in [4.69, 9.17) is 4.74 Å². The third-order valence-electron chi connectivity index (χ3n) is 4.36. The van der Waals surface area contributed by atoms with Crippen LogP contribution in [0.5, 0.6) is 5.75 Å². The zero-order chi connectivity index (χ0) is 18.1. The molecule has 9 heteroatoms. The number of aromatic nitrogens is 1. The first-order valence-electron chi connectivity index (χ1n) is 8.09. The summed E-state index contributed by atoms with van der Waals surface area (Å²) in [5.41, 5.74) is -0.0781. The summed E-state index contributed by atoms with van der Waals surface area (Å²) in [5, 5.41) is 5.39. The number of carbonyl (C=O) groups is 2. The minimum absolute atomic E-state index is 0.157. The van der Waals surface area contributed by atoms with E-state index in [0.717, 1.165) is 10.8 Å². The van der Waals surface area contributed by atoms with E-state index in [1.165, 1.54) is 28.4 Å². The normalized spacial score (nSPS) is 22.3. The largest absolute Gasteiger partial charge is 0.486 e. The maximum absolute atomic E-state index is 12.9. The van der Waals surface area contributed by atoms with Crippen molar-refractivity contribution in [3.8, 4) is 5.75 Å². The summed E-state index contributed by atoms with van der Waals surface area (Å²) in [6, 6.07) is 5.41. The predicted molar refractivity (Wildman–Crippen MR) is 96.6 cm³/mol. The first-order valence-corrected chi connectivity index (χ1v) is 10.1. The molecule has 2 fully saturated rings. The van der Waals surface area contributed by atoms with Crippen LogP contribution in [0.3, 0.4) is 0 Å². The van der Waals surface area contributed by atoms with Crippen molar-refractivity contribution in [3.63, 3.8) is 0 Å². The Hall–Kier alpha value is -2.13. The molecule has 3 heterocycles. The molecule has 0 aliphatic carbocycles. The molecule has 1 atom stereocenters. The molecule has 0 radical (unpaired) electrons. The third-order valence-corrected chi connectivity index (χ3v) is 6.42. The Kier molecular flexibility index (Phi) is 4.58. The van der Waals surface area contributed by atoms with Gasteiger partial charge in [0.15, 0.2) is 0 Å². The van der Waals surface area contributed by atoms with E-state index >= 15 is 0 Å². The molecule has 26 heavy (non-hydrogen) atoms. The minimum atomic E-state index is -0.730. The van der Waals surface area contributed by atoms with E-state index < -0.39 is 5.54 Å². The van der Waals surface area contributed by atoms with Gasteiger partial charge in [0.2, 0.25) is 0 Å². The van der Waals surface area contributed by atoms with E-state index in [-0.39, 0.29) is 30.9 Å². The maximum Gasteiger partial charge on any atom is 0.325 e. The highest BCUT2D eigenvalue weighted by Crippen LogP contribution is 2.34. The minimum Gasteiger partial charge on any atom is -0.486 e. The van der Waals surface area contributed by atoms with Gasteiger partial charge in [-0.3, -0.25) is 9.69 Å². The lowest BCUT2D eigenvalue weighted by Crippen LogP contribution is -2.46. The molecule has 2 saturated heterocycles. The molecule has 136 valence electrons. The molecule has 0 bridgehead atoms. The van der Waals surface area contributed by atoms with Crippen molar-refractivity contribution < 1.29 is 18.7 Å². The van der Waals surface area contributed by atoms with Gasteiger partial charge in [-0.1, -0.05) is 0 Å². The molecule has 4 rings (SSSR count). The second kappa shape index (κ2) is 6.88. The van der Waals surface area contributed by atoms with Gasteiger partial charge in [-0.2, -0.15) is 11.8 Å². The predicted octanol–water partition coefficient (Wildman–Crippen LogP) is 2.79. The average Bonchev–Trinajstić information content (AvgIpc) is 3.33. The highest BCUT2D eigenvalue weighted by atomic mass is 32.2. The number of halogens is 1. The van der Waals surface area contributed by atoms with Gasteiger partial charge in [0.25, 0.3) is 5.91 Å². The molecular formula is C17H16FN3O3S2. The third kappa shape index (κ3) is 3.28. The molecule has 0 saturated carbocycles. The van der Waals surface area contributed by atoms with Crippen molar-refractivity contribution in [2.45, 2.75) is 25.1 Å². The average molecular weight is 393 g/mol. The Labute approximate surface area is 157 Å². The summed E-state index contributed by atoms with van der Waals surface area (Å²) >= 11 is 3.08. The number of thioether (sulfide) groups is 1. The molecule has 1 aromatic heterocycles. The fraction of sp³-hybridized carbons (Fsp3) is 0.353. The number of hydrogen-bond donors (Lipinski definition) is 1. The fourth-order valence-corrected chi connectivity index (χ4v) is 5.00. The van der Waals surface area contributed by atoms with Gasteiger partial charge in [-0.15, -0.1) is 11.3 Å². The number of thiazole rings is 1. The van der Waals surface area contributed by atoms with Crippen LogP contribution in [0.4, 0.5) is 9.18 Å². The number of benzene rings is 1. The summed E-state index contributed by atoms with van der Waals surface area (Å²) in [7, 11) is 0. The lowest BCUT2D eigenvalue weighted by Gasteiger charge is -2.18. The van der Waals surface area contributed by atoms with Crippen LogP contribution < -0.4 is 10.1 Å². The van der Waals surface area contributed by atoms with E-state index in [0.29, 0.717) is 23.6 Å². The molecule has 6 nitrogen and oxygen atoms in total. The van der Waals surface area contributed by atoms with Crippen molar-refractivity contribution in [2.75, 3.05) is 11.5 Å². The molecule has 1 aromatic carbocycles. The first kappa shape index (κ1) is 17.3. The van der Waals surface area contributed by atoms with Crippen LogP contribution in [0.1, 0.15) is 17.1 Å². The number of nitrogens with zero attached hydrogens (tertiary/aromatic N) is 2. The summed E-state index contributed by atoms with van der Waals surface area (Å²) < 4.78 is 18.5. The molecule has 2 aromatic rings. The van der Waals surface area contributed by atoms with Crippen molar-refractivity contribution in [3.05, 3.63) is 46.2 Å². The highest BCUT2D eigenvalue weighted by molar-refractivity contribution is 7.99. The second-order valence-corrected chi connectivity index (χ2v) is 8.23. The van der Waals surface area contributed by atoms with Crippen molar-refractivity contribution in [1.29, 1.82) is 0 Å². The molecule has 1 N–H and O–H groups in total. The van der Waals surface area contributed by atoms with Crippen LogP contribution in [0, 0.1) is 5.82 Å². The van der Waals surface area contributed by atoms with Gasteiger partial charge in [0.05, 0.1) is 12.2 Å². The molecule has 3 amide bonds. The van der Waals surface area contributed by atoms with Crippen LogP contribution in [-0.4, -0.2) is 38.9 Å². The molecule has 2 aliphatic heterocycles. The van der Waals surface area contributed by atoms with E-state index in [9.17, 15) is 14.0 Å². The van der Waals surface area contributed by atoms with Gasteiger partial charge in [-0.25, -0.2) is 14.2 Å².